The summed E-state index contributed by atoms with van der Waals surface area (Å²) in [6.45, 7) is -0.238. The number of hydrogen-bond donors (Lipinski definition) is 0. The van der Waals surface area contributed by atoms with E-state index in [1.165, 1.54) is 46.9 Å². The third-order valence-corrected chi connectivity index (χ3v) is 11.4. The van der Waals surface area contributed by atoms with Crippen molar-refractivity contribution in [3.05, 3.63) is 63.5 Å². The maximum absolute atomic E-state index is 13.1. The lowest BCUT2D eigenvalue weighted by Crippen LogP contribution is -2.50. The highest BCUT2D eigenvalue weighted by molar-refractivity contribution is 7.91. The Kier molecular flexibility index (Phi) is 7.05. The van der Waals surface area contributed by atoms with Crippen molar-refractivity contribution in [2.24, 2.45) is 0 Å². The Bertz CT molecular complexity index is 1410. The molecule has 33 heavy (non-hydrogen) atoms. The highest BCUT2D eigenvalue weighted by Crippen LogP contribution is 2.34. The van der Waals surface area contributed by atoms with E-state index in [4.69, 9.17) is 34.8 Å². The topological polar surface area (TPSA) is 87.7 Å². The summed E-state index contributed by atoms with van der Waals surface area (Å²) in [5.74, 6) is -0.405. The molecule has 0 N–H and O–H groups in total. The predicted molar refractivity (Wildman–Crippen MR) is 126 cm³/mol. The summed E-state index contributed by atoms with van der Waals surface area (Å²) >= 11 is 18.9. The van der Waals surface area contributed by atoms with Gasteiger partial charge in [-0.15, -0.1) is 11.3 Å². The zero-order chi connectivity index (χ0) is 24.0. The Morgan fingerprint density at radius 1 is 0.818 bits per heavy atom. The van der Waals surface area contributed by atoms with Gasteiger partial charge in [0.25, 0.3) is 10.0 Å². The van der Waals surface area contributed by atoms with Crippen LogP contribution in [0, 0.1) is 5.82 Å². The molecular formula is C19H15Cl3FN3O4S3. The first-order chi connectivity index (χ1) is 15.5. The van der Waals surface area contributed by atoms with Gasteiger partial charge in [0.05, 0.1) is 21.3 Å². The van der Waals surface area contributed by atoms with Crippen LogP contribution in [0.25, 0.3) is 10.6 Å². The van der Waals surface area contributed by atoms with Crippen LogP contribution in [0.15, 0.2) is 51.7 Å². The van der Waals surface area contributed by atoms with Gasteiger partial charge >= 0.3 is 0 Å². The molecule has 2 heterocycles. The van der Waals surface area contributed by atoms with Gasteiger partial charge in [0.2, 0.25) is 10.0 Å². The Morgan fingerprint density at radius 3 is 1.97 bits per heavy atom. The quantitative estimate of drug-likeness (QED) is 0.418. The molecule has 1 aliphatic rings. The summed E-state index contributed by atoms with van der Waals surface area (Å²) in [5, 5.41) is 0.533. The summed E-state index contributed by atoms with van der Waals surface area (Å²) in [4.78, 5) is 3.95. The van der Waals surface area contributed by atoms with Gasteiger partial charge in [-0.25, -0.2) is 26.2 Å². The lowest BCUT2D eigenvalue weighted by molar-refractivity contribution is 0.273. The van der Waals surface area contributed by atoms with E-state index in [9.17, 15) is 21.2 Å². The standard InChI is InChI=1S/C19H15Cl3FN3O4S3/c20-14-9-16(22)17(10-15(14)21)32(27,28)25-5-7-26(8-6-25)33(29,30)18-11-24-19(31-18)12-1-3-13(23)4-2-12/h1-4,9-11H,5-8H2. The van der Waals surface area contributed by atoms with E-state index >= 15 is 0 Å². The summed E-state index contributed by atoms with van der Waals surface area (Å²) < 4.78 is 67.7. The van der Waals surface area contributed by atoms with Crippen LogP contribution in [0.3, 0.4) is 0 Å². The minimum absolute atomic E-state index is 0.0191. The van der Waals surface area contributed by atoms with Crippen LogP contribution in [-0.4, -0.2) is 56.6 Å². The van der Waals surface area contributed by atoms with Crippen molar-refractivity contribution >= 4 is 66.2 Å². The van der Waals surface area contributed by atoms with Crippen molar-refractivity contribution in [3.8, 4) is 10.6 Å². The molecule has 1 aromatic heterocycles. The van der Waals surface area contributed by atoms with E-state index in [0.717, 1.165) is 15.6 Å². The van der Waals surface area contributed by atoms with Gasteiger partial charge in [-0.1, -0.05) is 34.8 Å². The Labute approximate surface area is 209 Å². The van der Waals surface area contributed by atoms with Crippen LogP contribution < -0.4 is 0 Å². The fourth-order valence-electron chi connectivity index (χ4n) is 3.22. The number of halogens is 4. The monoisotopic (exact) mass is 569 g/mol. The molecule has 0 aliphatic carbocycles. The second-order valence-corrected chi connectivity index (χ2v) is 13.3. The molecule has 2 aromatic carbocycles. The minimum atomic E-state index is -4.00. The number of hydrogen-bond acceptors (Lipinski definition) is 6. The van der Waals surface area contributed by atoms with Gasteiger partial charge in [0.15, 0.2) is 4.21 Å². The summed E-state index contributed by atoms with van der Waals surface area (Å²) in [6, 6.07) is 8.00. The Balaban J connectivity index is 1.51. The molecule has 0 bridgehead atoms. The molecule has 0 radical (unpaired) electrons. The van der Waals surface area contributed by atoms with E-state index in [1.54, 1.807) is 0 Å². The molecule has 176 valence electrons. The number of piperazine rings is 1. The summed E-state index contributed by atoms with van der Waals surface area (Å²) in [6.07, 6.45) is 1.25. The number of aromatic nitrogens is 1. The van der Waals surface area contributed by atoms with Crippen molar-refractivity contribution in [1.29, 1.82) is 0 Å². The first kappa shape index (κ1) is 24.8. The number of rotatable bonds is 5. The van der Waals surface area contributed by atoms with Gasteiger partial charge in [-0.05, 0) is 36.4 Å². The van der Waals surface area contributed by atoms with Crippen LogP contribution in [0.5, 0.6) is 0 Å². The SMILES string of the molecule is O=S(=O)(c1cnc(-c2ccc(F)cc2)s1)N1CCN(S(=O)(=O)c2cc(Cl)c(Cl)cc2Cl)CC1. The average molecular weight is 571 g/mol. The smallest absolute Gasteiger partial charge is 0.243 e. The Morgan fingerprint density at radius 2 is 1.36 bits per heavy atom. The molecule has 14 heteroatoms. The van der Waals surface area contributed by atoms with Crippen molar-refractivity contribution < 1.29 is 21.2 Å². The van der Waals surface area contributed by atoms with Gasteiger partial charge in [-0.2, -0.15) is 8.61 Å². The fourth-order valence-corrected chi connectivity index (χ4v) is 8.34. The van der Waals surface area contributed by atoms with Gasteiger partial charge < -0.3 is 0 Å². The lowest BCUT2D eigenvalue weighted by Gasteiger charge is -2.33. The van der Waals surface area contributed by atoms with E-state index in [2.05, 4.69) is 4.98 Å². The first-order valence-corrected chi connectivity index (χ1v) is 14.2. The second-order valence-electron chi connectivity index (χ2n) is 7.00. The first-order valence-electron chi connectivity index (χ1n) is 9.37. The number of thiazole rings is 1. The molecule has 1 aliphatic heterocycles. The summed E-state index contributed by atoms with van der Waals surface area (Å²) in [5.41, 5.74) is 0.595. The zero-order valence-corrected chi connectivity index (χ0v) is 21.3. The molecule has 4 rings (SSSR count). The molecule has 0 atom stereocenters. The second kappa shape index (κ2) is 9.38. The normalized spacial score (nSPS) is 16.2. The average Bonchev–Trinajstić information content (AvgIpc) is 3.28. The van der Waals surface area contributed by atoms with Crippen LogP contribution >= 0.6 is 46.1 Å². The highest BCUT2D eigenvalue weighted by atomic mass is 35.5. The number of nitrogens with zero attached hydrogens (tertiary/aromatic N) is 3. The molecule has 0 unspecified atom stereocenters. The maximum Gasteiger partial charge on any atom is 0.254 e. The largest absolute Gasteiger partial charge is 0.254 e. The zero-order valence-electron chi connectivity index (χ0n) is 16.6. The van der Waals surface area contributed by atoms with E-state index in [1.807, 2.05) is 0 Å². The lowest BCUT2D eigenvalue weighted by atomic mass is 10.2. The van der Waals surface area contributed by atoms with Crippen molar-refractivity contribution in [2.45, 2.75) is 9.10 Å². The fraction of sp³-hybridized carbons (Fsp3) is 0.211. The molecule has 1 saturated heterocycles. The molecule has 3 aromatic rings. The van der Waals surface area contributed by atoms with Crippen LogP contribution in [-0.2, 0) is 20.0 Å². The van der Waals surface area contributed by atoms with Crippen LogP contribution in [0.2, 0.25) is 15.1 Å². The van der Waals surface area contributed by atoms with Crippen molar-refractivity contribution in [2.75, 3.05) is 26.2 Å². The van der Waals surface area contributed by atoms with Crippen molar-refractivity contribution in [1.82, 2.24) is 13.6 Å². The molecule has 1 fully saturated rings. The van der Waals surface area contributed by atoms with Gasteiger partial charge in [0.1, 0.15) is 15.7 Å². The molecule has 0 saturated carbocycles. The third kappa shape index (κ3) is 4.92. The minimum Gasteiger partial charge on any atom is -0.243 e. The van der Waals surface area contributed by atoms with E-state index < -0.39 is 25.9 Å². The predicted octanol–water partition coefficient (Wildman–Crippen LogP) is 4.60. The van der Waals surface area contributed by atoms with Crippen LogP contribution in [0.4, 0.5) is 4.39 Å². The van der Waals surface area contributed by atoms with Crippen LogP contribution in [0.1, 0.15) is 0 Å². The molecule has 0 spiro atoms. The Hall–Kier alpha value is -1.31. The number of benzene rings is 2. The molecule has 0 amide bonds. The third-order valence-electron chi connectivity index (χ3n) is 4.96. The van der Waals surface area contributed by atoms with E-state index in [0.29, 0.717) is 10.6 Å². The van der Waals surface area contributed by atoms with E-state index in [-0.39, 0.29) is 50.4 Å². The van der Waals surface area contributed by atoms with Gasteiger partial charge in [0, 0.05) is 31.7 Å². The van der Waals surface area contributed by atoms with Gasteiger partial charge in [-0.3, -0.25) is 0 Å². The summed E-state index contributed by atoms with van der Waals surface area (Å²) in [7, 11) is -7.89. The van der Waals surface area contributed by atoms with Crippen molar-refractivity contribution in [3.63, 3.8) is 0 Å². The maximum atomic E-state index is 13.1. The highest BCUT2D eigenvalue weighted by Gasteiger charge is 2.35. The molecular weight excluding hydrogens is 556 g/mol. The number of sulfonamides is 2. The molecule has 7 nitrogen and oxygen atoms in total.